The lowest BCUT2D eigenvalue weighted by Crippen LogP contribution is -2.27. The average molecular weight is 322 g/mol. The van der Waals surface area contributed by atoms with Crippen LogP contribution in [0.4, 0.5) is 5.82 Å². The van der Waals surface area contributed by atoms with Crippen molar-refractivity contribution in [3.05, 3.63) is 48.7 Å². The molecule has 3 rings (SSSR count). The van der Waals surface area contributed by atoms with Crippen LogP contribution in [0.5, 0.6) is 0 Å². The zero-order chi connectivity index (χ0) is 16.9. The molecule has 122 valence electrons. The van der Waals surface area contributed by atoms with Gasteiger partial charge in [0.1, 0.15) is 11.5 Å². The van der Waals surface area contributed by atoms with Crippen molar-refractivity contribution >= 4 is 22.7 Å². The molecule has 3 aromatic rings. The number of para-hydroxylation sites is 1. The molecule has 24 heavy (non-hydrogen) atoms. The Bertz CT molecular complexity index is 852. The summed E-state index contributed by atoms with van der Waals surface area (Å²) in [6, 6.07) is 13.3. The summed E-state index contributed by atoms with van der Waals surface area (Å²) in [7, 11) is 0. The van der Waals surface area contributed by atoms with Gasteiger partial charge < -0.3 is 10.0 Å². The molecule has 2 heterocycles. The summed E-state index contributed by atoms with van der Waals surface area (Å²) < 4.78 is 0. The zero-order valence-electron chi connectivity index (χ0n) is 13.4. The molecule has 0 unspecified atom stereocenters. The highest BCUT2D eigenvalue weighted by atomic mass is 16.4. The minimum Gasteiger partial charge on any atom is -0.481 e. The van der Waals surface area contributed by atoms with Crippen LogP contribution in [-0.4, -0.2) is 39.1 Å². The van der Waals surface area contributed by atoms with Crippen molar-refractivity contribution in [3.8, 4) is 11.5 Å². The summed E-state index contributed by atoms with van der Waals surface area (Å²) in [5.74, 6) is 0.458. The maximum atomic E-state index is 10.9. The molecule has 1 aromatic carbocycles. The molecular weight excluding hydrogens is 304 g/mol. The summed E-state index contributed by atoms with van der Waals surface area (Å²) in [4.78, 5) is 26.5. The maximum Gasteiger partial charge on any atom is 0.305 e. The molecule has 0 spiro atoms. The van der Waals surface area contributed by atoms with E-state index in [2.05, 4.69) is 15.0 Å². The zero-order valence-corrected chi connectivity index (χ0v) is 13.4. The molecule has 0 aliphatic rings. The van der Waals surface area contributed by atoms with Gasteiger partial charge in [0.2, 0.25) is 0 Å². The Morgan fingerprint density at radius 1 is 1.12 bits per heavy atom. The molecule has 0 aliphatic carbocycles. The fourth-order valence-corrected chi connectivity index (χ4v) is 2.55. The SMILES string of the molecule is CCN(CCC(=O)O)c1nc(-c2ccccn2)nc2ccccc12. The van der Waals surface area contributed by atoms with Crippen LogP contribution < -0.4 is 4.90 Å². The second kappa shape index (κ2) is 7.04. The van der Waals surface area contributed by atoms with Crippen LogP contribution >= 0.6 is 0 Å². The van der Waals surface area contributed by atoms with Gasteiger partial charge in [0.05, 0.1) is 11.9 Å². The molecule has 0 bridgehead atoms. The molecule has 0 saturated carbocycles. The third-order valence-corrected chi connectivity index (χ3v) is 3.75. The lowest BCUT2D eigenvalue weighted by atomic mass is 10.2. The van der Waals surface area contributed by atoms with Crippen LogP contribution in [0.15, 0.2) is 48.7 Å². The summed E-state index contributed by atoms with van der Waals surface area (Å²) >= 11 is 0. The maximum absolute atomic E-state index is 10.9. The van der Waals surface area contributed by atoms with E-state index in [1.807, 2.05) is 54.3 Å². The minimum atomic E-state index is -0.822. The largest absolute Gasteiger partial charge is 0.481 e. The normalized spacial score (nSPS) is 10.7. The van der Waals surface area contributed by atoms with Crippen molar-refractivity contribution < 1.29 is 9.90 Å². The first kappa shape index (κ1) is 15.9. The van der Waals surface area contributed by atoms with Crippen molar-refractivity contribution in [3.63, 3.8) is 0 Å². The second-order valence-corrected chi connectivity index (χ2v) is 5.33. The van der Waals surface area contributed by atoms with Crippen LogP contribution in [0.2, 0.25) is 0 Å². The van der Waals surface area contributed by atoms with Gasteiger partial charge in [-0.2, -0.15) is 0 Å². The minimum absolute atomic E-state index is 0.0606. The quantitative estimate of drug-likeness (QED) is 0.751. The number of carboxylic acids is 1. The van der Waals surface area contributed by atoms with Gasteiger partial charge >= 0.3 is 5.97 Å². The van der Waals surface area contributed by atoms with Crippen molar-refractivity contribution in [2.24, 2.45) is 0 Å². The fourth-order valence-electron chi connectivity index (χ4n) is 2.55. The van der Waals surface area contributed by atoms with Gasteiger partial charge in [0.25, 0.3) is 0 Å². The molecule has 0 aliphatic heterocycles. The molecule has 1 N–H and O–H groups in total. The van der Waals surface area contributed by atoms with E-state index in [4.69, 9.17) is 5.11 Å². The molecule has 6 heteroatoms. The number of carboxylic acid groups (broad SMARTS) is 1. The van der Waals surface area contributed by atoms with E-state index in [0.29, 0.717) is 24.6 Å². The van der Waals surface area contributed by atoms with Crippen LogP contribution in [0.1, 0.15) is 13.3 Å². The van der Waals surface area contributed by atoms with E-state index in [9.17, 15) is 4.79 Å². The van der Waals surface area contributed by atoms with Crippen molar-refractivity contribution in [1.82, 2.24) is 15.0 Å². The Kier molecular flexibility index (Phi) is 4.65. The Morgan fingerprint density at radius 3 is 2.62 bits per heavy atom. The monoisotopic (exact) mass is 322 g/mol. The summed E-state index contributed by atoms with van der Waals surface area (Å²) in [6.45, 7) is 3.05. The number of carbonyl (C=O) groups is 1. The highest BCUT2D eigenvalue weighted by Crippen LogP contribution is 2.26. The van der Waals surface area contributed by atoms with E-state index < -0.39 is 5.97 Å². The predicted molar refractivity (Wildman–Crippen MR) is 92.9 cm³/mol. The first-order chi connectivity index (χ1) is 11.7. The molecule has 2 aromatic heterocycles. The smallest absolute Gasteiger partial charge is 0.305 e. The Morgan fingerprint density at radius 2 is 1.92 bits per heavy atom. The van der Waals surface area contributed by atoms with Gasteiger partial charge in [0.15, 0.2) is 5.82 Å². The summed E-state index contributed by atoms with van der Waals surface area (Å²) in [5.41, 5.74) is 1.51. The lowest BCUT2D eigenvalue weighted by Gasteiger charge is -2.23. The number of anilines is 1. The number of hydrogen-bond donors (Lipinski definition) is 1. The van der Waals surface area contributed by atoms with Gasteiger partial charge in [-0.05, 0) is 31.2 Å². The van der Waals surface area contributed by atoms with Gasteiger partial charge in [-0.3, -0.25) is 9.78 Å². The highest BCUT2D eigenvalue weighted by Gasteiger charge is 2.15. The van der Waals surface area contributed by atoms with Gasteiger partial charge in [-0.1, -0.05) is 18.2 Å². The van der Waals surface area contributed by atoms with Crippen molar-refractivity contribution in [2.75, 3.05) is 18.0 Å². The fraction of sp³-hybridized carbons (Fsp3) is 0.222. The Balaban J connectivity index is 2.12. The summed E-state index contributed by atoms with van der Waals surface area (Å²) in [6.07, 6.45) is 1.76. The molecule has 0 atom stereocenters. The third kappa shape index (κ3) is 3.32. The number of aliphatic carboxylic acids is 1. The number of hydrogen-bond acceptors (Lipinski definition) is 5. The van der Waals surface area contributed by atoms with Crippen LogP contribution in [0.25, 0.3) is 22.4 Å². The Hall–Kier alpha value is -3.02. The Labute approximate surface area is 139 Å². The standard InChI is InChI=1S/C18H18N4O2/c1-2-22(12-10-16(23)24)18-13-7-3-4-8-14(13)20-17(21-18)15-9-5-6-11-19-15/h3-9,11H,2,10,12H2,1H3,(H,23,24). The van der Waals surface area contributed by atoms with E-state index in [1.165, 1.54) is 0 Å². The van der Waals surface area contributed by atoms with E-state index in [1.54, 1.807) is 6.20 Å². The van der Waals surface area contributed by atoms with Crippen LogP contribution in [-0.2, 0) is 4.79 Å². The van der Waals surface area contributed by atoms with E-state index in [-0.39, 0.29) is 6.42 Å². The van der Waals surface area contributed by atoms with Crippen LogP contribution in [0, 0.1) is 0 Å². The highest BCUT2D eigenvalue weighted by molar-refractivity contribution is 5.91. The molecule has 0 radical (unpaired) electrons. The van der Waals surface area contributed by atoms with Gasteiger partial charge in [-0.15, -0.1) is 0 Å². The predicted octanol–water partition coefficient (Wildman–Crippen LogP) is 2.99. The third-order valence-electron chi connectivity index (χ3n) is 3.75. The summed E-state index contributed by atoms with van der Waals surface area (Å²) in [5, 5.41) is 9.89. The van der Waals surface area contributed by atoms with Gasteiger partial charge in [0, 0.05) is 24.7 Å². The molecule has 0 saturated heterocycles. The average Bonchev–Trinajstić information content (AvgIpc) is 2.62. The van der Waals surface area contributed by atoms with E-state index in [0.717, 1.165) is 16.7 Å². The number of nitrogens with zero attached hydrogens (tertiary/aromatic N) is 4. The first-order valence-electron chi connectivity index (χ1n) is 7.84. The number of aromatic nitrogens is 3. The topological polar surface area (TPSA) is 79.2 Å². The lowest BCUT2D eigenvalue weighted by molar-refractivity contribution is -0.136. The second-order valence-electron chi connectivity index (χ2n) is 5.33. The number of pyridine rings is 1. The first-order valence-corrected chi connectivity index (χ1v) is 7.84. The molecular formula is C18H18N4O2. The molecule has 0 fully saturated rings. The molecule has 6 nitrogen and oxygen atoms in total. The van der Waals surface area contributed by atoms with Crippen LogP contribution in [0.3, 0.4) is 0 Å². The number of benzene rings is 1. The van der Waals surface area contributed by atoms with E-state index >= 15 is 0 Å². The van der Waals surface area contributed by atoms with Crippen molar-refractivity contribution in [2.45, 2.75) is 13.3 Å². The molecule has 0 amide bonds. The number of rotatable bonds is 6. The van der Waals surface area contributed by atoms with Gasteiger partial charge in [-0.25, -0.2) is 9.97 Å². The number of fused-ring (bicyclic) bond motifs is 1. The van der Waals surface area contributed by atoms with Crippen molar-refractivity contribution in [1.29, 1.82) is 0 Å².